The highest BCUT2D eigenvalue weighted by Crippen LogP contribution is 2.30. The third-order valence-corrected chi connectivity index (χ3v) is 3.49. The summed E-state index contributed by atoms with van der Waals surface area (Å²) in [6, 6.07) is 3.38. The van der Waals surface area contributed by atoms with Crippen molar-refractivity contribution < 1.29 is 9.90 Å². The molecule has 2 aromatic rings. The zero-order valence-electron chi connectivity index (χ0n) is 9.91. The van der Waals surface area contributed by atoms with Crippen LogP contribution in [0.2, 0.25) is 0 Å². The van der Waals surface area contributed by atoms with Gasteiger partial charge in [-0.2, -0.15) is 0 Å². The fraction of sp³-hybridized carbons (Fsp3) is 0.182. The average molecular weight is 264 g/mol. The van der Waals surface area contributed by atoms with Crippen LogP contribution in [0.3, 0.4) is 0 Å². The molecule has 0 aliphatic rings. The van der Waals surface area contributed by atoms with Gasteiger partial charge in [0.2, 0.25) is 0 Å². The summed E-state index contributed by atoms with van der Waals surface area (Å²) in [5, 5.41) is 17.5. The van der Waals surface area contributed by atoms with Gasteiger partial charge in [-0.05, 0) is 36.4 Å². The van der Waals surface area contributed by atoms with Gasteiger partial charge in [0.25, 0.3) is 0 Å². The summed E-state index contributed by atoms with van der Waals surface area (Å²) in [5.74, 6) is -1.03. The Morgan fingerprint density at radius 1 is 1.50 bits per heavy atom. The summed E-state index contributed by atoms with van der Waals surface area (Å²) >= 11 is 1.35. The van der Waals surface area contributed by atoms with E-state index in [-0.39, 0.29) is 5.56 Å². The topological polar surface area (TPSA) is 94.0 Å². The van der Waals surface area contributed by atoms with E-state index in [2.05, 4.69) is 10.2 Å². The van der Waals surface area contributed by atoms with Crippen LogP contribution >= 0.6 is 11.8 Å². The molecule has 0 aliphatic carbocycles. The number of aromatic carboxylic acids is 1. The maximum absolute atomic E-state index is 11.1. The van der Waals surface area contributed by atoms with Gasteiger partial charge in [0.15, 0.2) is 5.16 Å². The molecule has 2 rings (SSSR count). The molecule has 0 saturated heterocycles. The van der Waals surface area contributed by atoms with Gasteiger partial charge in [0.1, 0.15) is 6.33 Å². The van der Waals surface area contributed by atoms with Gasteiger partial charge in [-0.15, -0.1) is 10.2 Å². The van der Waals surface area contributed by atoms with Crippen LogP contribution in [0, 0.1) is 6.92 Å². The summed E-state index contributed by atoms with van der Waals surface area (Å²) in [4.78, 5) is 11.8. The zero-order chi connectivity index (χ0) is 13.3. The summed E-state index contributed by atoms with van der Waals surface area (Å²) in [6.07, 6.45) is 1.59. The van der Waals surface area contributed by atoms with Crippen LogP contribution in [0.15, 0.2) is 28.5 Å². The number of aryl methyl sites for hydroxylation is 2. The first-order chi connectivity index (χ1) is 8.49. The molecule has 1 heterocycles. The molecular weight excluding hydrogens is 252 g/mol. The van der Waals surface area contributed by atoms with E-state index in [4.69, 9.17) is 10.8 Å². The Hall–Kier alpha value is -2.02. The molecule has 0 unspecified atom stereocenters. The van der Waals surface area contributed by atoms with Crippen LogP contribution in [0.1, 0.15) is 15.9 Å². The number of rotatable bonds is 3. The normalized spacial score (nSPS) is 10.6. The number of nitrogens with two attached hydrogens (primary N) is 1. The smallest absolute Gasteiger partial charge is 0.337 e. The van der Waals surface area contributed by atoms with E-state index in [1.807, 2.05) is 13.1 Å². The van der Waals surface area contributed by atoms with Crippen LogP contribution < -0.4 is 5.73 Å². The molecule has 0 amide bonds. The molecule has 1 aromatic carbocycles. The Morgan fingerprint density at radius 2 is 2.22 bits per heavy atom. The Bertz CT molecular complexity index is 609. The minimum absolute atomic E-state index is 0.111. The predicted octanol–water partition coefficient (Wildman–Crippen LogP) is 1.56. The van der Waals surface area contributed by atoms with Crippen LogP contribution in [-0.2, 0) is 7.05 Å². The lowest BCUT2D eigenvalue weighted by Gasteiger charge is -2.08. The SMILES string of the molecule is Cc1cc(Sc2nncn2C)cc(C(=O)O)c1N. The number of carboxylic acid groups (broad SMARTS) is 1. The van der Waals surface area contributed by atoms with Crippen LogP contribution in [0.25, 0.3) is 0 Å². The van der Waals surface area contributed by atoms with Gasteiger partial charge in [0.05, 0.1) is 5.56 Å². The second kappa shape index (κ2) is 4.69. The van der Waals surface area contributed by atoms with Crippen LogP contribution in [0.4, 0.5) is 5.69 Å². The summed E-state index contributed by atoms with van der Waals surface area (Å²) in [7, 11) is 1.82. The molecule has 0 bridgehead atoms. The highest BCUT2D eigenvalue weighted by molar-refractivity contribution is 7.99. The fourth-order valence-corrected chi connectivity index (χ4v) is 2.37. The third-order valence-electron chi connectivity index (χ3n) is 2.47. The second-order valence-electron chi connectivity index (χ2n) is 3.83. The number of anilines is 1. The summed E-state index contributed by atoms with van der Waals surface area (Å²) < 4.78 is 1.76. The number of aromatic nitrogens is 3. The van der Waals surface area contributed by atoms with Crippen molar-refractivity contribution in [2.45, 2.75) is 17.0 Å². The van der Waals surface area contributed by atoms with Gasteiger partial charge >= 0.3 is 5.97 Å². The molecule has 0 atom stereocenters. The van der Waals surface area contributed by atoms with E-state index in [0.29, 0.717) is 10.8 Å². The minimum atomic E-state index is -1.03. The first kappa shape index (κ1) is 12.4. The molecule has 94 valence electrons. The summed E-state index contributed by atoms with van der Waals surface area (Å²) in [5.41, 5.74) is 6.88. The van der Waals surface area contributed by atoms with Crippen molar-refractivity contribution in [2.75, 3.05) is 5.73 Å². The van der Waals surface area contributed by atoms with Crippen LogP contribution in [-0.4, -0.2) is 25.8 Å². The van der Waals surface area contributed by atoms with Crippen molar-refractivity contribution in [3.63, 3.8) is 0 Å². The van der Waals surface area contributed by atoms with E-state index in [0.717, 1.165) is 10.5 Å². The number of nitrogens with zero attached hydrogens (tertiary/aromatic N) is 3. The maximum Gasteiger partial charge on any atom is 0.337 e. The van der Waals surface area contributed by atoms with Crippen molar-refractivity contribution in [1.82, 2.24) is 14.8 Å². The Morgan fingerprint density at radius 3 is 2.78 bits per heavy atom. The Labute approximate surface area is 108 Å². The van der Waals surface area contributed by atoms with E-state index in [1.54, 1.807) is 23.9 Å². The van der Waals surface area contributed by atoms with Gasteiger partial charge in [0, 0.05) is 17.6 Å². The first-order valence-electron chi connectivity index (χ1n) is 5.14. The minimum Gasteiger partial charge on any atom is -0.478 e. The molecule has 7 heteroatoms. The van der Waals surface area contributed by atoms with Crippen molar-refractivity contribution >= 4 is 23.4 Å². The quantitative estimate of drug-likeness (QED) is 0.817. The molecule has 3 N–H and O–H groups in total. The molecule has 0 radical (unpaired) electrons. The van der Waals surface area contributed by atoms with E-state index in [1.165, 1.54) is 11.8 Å². The number of nitrogen functional groups attached to an aromatic ring is 1. The lowest BCUT2D eigenvalue weighted by Crippen LogP contribution is -2.04. The first-order valence-corrected chi connectivity index (χ1v) is 5.96. The van der Waals surface area contributed by atoms with E-state index >= 15 is 0 Å². The van der Waals surface area contributed by atoms with E-state index in [9.17, 15) is 4.79 Å². The molecule has 0 aliphatic heterocycles. The lowest BCUT2D eigenvalue weighted by molar-refractivity contribution is 0.0697. The molecule has 1 aromatic heterocycles. The van der Waals surface area contributed by atoms with Crippen molar-refractivity contribution in [1.29, 1.82) is 0 Å². The Balaban J connectivity index is 2.41. The van der Waals surface area contributed by atoms with Crippen molar-refractivity contribution in [3.8, 4) is 0 Å². The number of hydrogen-bond donors (Lipinski definition) is 2. The fourth-order valence-electron chi connectivity index (χ4n) is 1.47. The molecule has 6 nitrogen and oxygen atoms in total. The van der Waals surface area contributed by atoms with E-state index < -0.39 is 5.97 Å². The largest absolute Gasteiger partial charge is 0.478 e. The molecule has 0 spiro atoms. The third kappa shape index (κ3) is 2.30. The van der Waals surface area contributed by atoms with Gasteiger partial charge in [-0.1, -0.05) is 0 Å². The van der Waals surface area contributed by atoms with Gasteiger partial charge in [-0.25, -0.2) is 4.79 Å². The van der Waals surface area contributed by atoms with Crippen molar-refractivity contribution in [3.05, 3.63) is 29.6 Å². The second-order valence-corrected chi connectivity index (χ2v) is 4.87. The number of benzene rings is 1. The number of hydrogen-bond acceptors (Lipinski definition) is 5. The van der Waals surface area contributed by atoms with Crippen molar-refractivity contribution in [2.24, 2.45) is 7.05 Å². The highest BCUT2D eigenvalue weighted by Gasteiger charge is 2.13. The molecule has 0 saturated carbocycles. The standard InChI is InChI=1S/C11H12N4O2S/c1-6-3-7(4-8(9(6)12)10(16)17)18-11-14-13-5-15(11)2/h3-5H,12H2,1-2H3,(H,16,17). The highest BCUT2D eigenvalue weighted by atomic mass is 32.2. The Kier molecular flexibility index (Phi) is 3.24. The molecule has 18 heavy (non-hydrogen) atoms. The predicted molar refractivity (Wildman–Crippen MR) is 67.7 cm³/mol. The van der Waals surface area contributed by atoms with Crippen LogP contribution in [0.5, 0.6) is 0 Å². The number of carboxylic acids is 1. The average Bonchev–Trinajstić information content (AvgIpc) is 2.69. The molecular formula is C11H12N4O2S. The van der Waals surface area contributed by atoms with Gasteiger partial charge in [-0.3, -0.25) is 0 Å². The lowest BCUT2D eigenvalue weighted by atomic mass is 10.1. The molecule has 0 fully saturated rings. The summed E-state index contributed by atoms with van der Waals surface area (Å²) in [6.45, 7) is 1.78. The number of carbonyl (C=O) groups is 1. The van der Waals surface area contributed by atoms with Gasteiger partial charge < -0.3 is 15.4 Å². The maximum atomic E-state index is 11.1. The zero-order valence-corrected chi connectivity index (χ0v) is 10.7. The monoisotopic (exact) mass is 264 g/mol.